The lowest BCUT2D eigenvalue weighted by Crippen LogP contribution is -2.47. The maximum absolute atomic E-state index is 12.8. The average molecular weight is 638 g/mol. The number of hydrogen-bond donors (Lipinski definition) is 0. The molecule has 0 bridgehead atoms. The van der Waals surface area contributed by atoms with Crippen LogP contribution in [0.4, 0.5) is 5.69 Å². The van der Waals surface area contributed by atoms with Crippen LogP contribution in [0.1, 0.15) is 79.9 Å². The van der Waals surface area contributed by atoms with E-state index in [0.717, 1.165) is 60.8 Å². The van der Waals surface area contributed by atoms with E-state index in [9.17, 15) is 4.79 Å². The minimum absolute atomic E-state index is 0.0798. The van der Waals surface area contributed by atoms with Crippen LogP contribution < -0.4 is 14.4 Å². The van der Waals surface area contributed by atoms with Gasteiger partial charge in [-0.3, -0.25) is 9.69 Å². The zero-order chi connectivity index (χ0) is 30.8. The molecule has 0 radical (unpaired) electrons. The summed E-state index contributed by atoms with van der Waals surface area (Å²) in [5.41, 5.74) is 5.65. The van der Waals surface area contributed by atoms with Crippen LogP contribution in [0.5, 0.6) is 11.5 Å². The molecule has 0 saturated heterocycles. The third-order valence-corrected chi connectivity index (χ3v) is 10.3. The van der Waals surface area contributed by atoms with Crippen LogP contribution in [0.25, 0.3) is 0 Å². The van der Waals surface area contributed by atoms with E-state index in [0.29, 0.717) is 22.4 Å². The summed E-state index contributed by atoms with van der Waals surface area (Å²) in [6, 6.07) is 18.1. The minimum atomic E-state index is -0.236. The zero-order valence-electron chi connectivity index (χ0n) is 25.9. The van der Waals surface area contributed by atoms with Gasteiger partial charge in [-0.15, -0.1) is 0 Å². The van der Waals surface area contributed by atoms with Gasteiger partial charge in [-0.2, -0.15) is 0 Å². The molecule has 234 valence electrons. The Kier molecular flexibility index (Phi) is 9.60. The molecule has 1 fully saturated rings. The Hall–Kier alpha value is -2.93. The Morgan fingerprint density at radius 1 is 1.00 bits per heavy atom. The highest BCUT2D eigenvalue weighted by Crippen LogP contribution is 2.41. The molecule has 3 aliphatic rings. The summed E-state index contributed by atoms with van der Waals surface area (Å²) >= 11 is 12.4. The van der Waals surface area contributed by atoms with Crippen molar-refractivity contribution in [3.05, 3.63) is 86.9 Å². The van der Waals surface area contributed by atoms with Gasteiger partial charge in [0.2, 0.25) is 0 Å². The number of fused-ring (bicyclic) bond motifs is 2. The van der Waals surface area contributed by atoms with Crippen molar-refractivity contribution in [3.63, 3.8) is 0 Å². The van der Waals surface area contributed by atoms with Crippen molar-refractivity contribution < 1.29 is 19.0 Å². The molecule has 0 amide bonds. The number of ether oxygens (including phenoxy) is 3. The highest BCUT2D eigenvalue weighted by Gasteiger charge is 2.35. The van der Waals surface area contributed by atoms with Crippen LogP contribution in [0.2, 0.25) is 10.0 Å². The highest BCUT2D eigenvalue weighted by atomic mass is 35.5. The number of halogens is 2. The molecule has 2 heterocycles. The van der Waals surface area contributed by atoms with Crippen molar-refractivity contribution in [2.24, 2.45) is 5.92 Å². The summed E-state index contributed by atoms with van der Waals surface area (Å²) in [7, 11) is 3.62. The standard InChI is InChI=1S/C36H42Cl2N2O4/c1-4-33(25-11-14-29(37)30(38)17-25)43-28-12-9-24(10-13-28)34-15-16-39(2)31-18-26-19-32(36(41)42-3)40(21-23-7-5-6-8-23)22-27(26)20-35(31)44-34/h9-14,17-18,20,23,32-34H,4-8,15-16,19,21-22H2,1-3H3/t32-,33+,34+/m0/s1. The third-order valence-electron chi connectivity index (χ3n) is 9.57. The molecule has 0 N–H and O–H groups in total. The Labute approximate surface area is 271 Å². The first-order chi connectivity index (χ1) is 21.3. The number of methoxy groups -OCH3 is 1. The predicted molar refractivity (Wildman–Crippen MR) is 176 cm³/mol. The Morgan fingerprint density at radius 2 is 1.77 bits per heavy atom. The van der Waals surface area contributed by atoms with Crippen molar-refractivity contribution in [3.8, 4) is 11.5 Å². The second-order valence-electron chi connectivity index (χ2n) is 12.5. The highest BCUT2D eigenvalue weighted by molar-refractivity contribution is 6.42. The van der Waals surface area contributed by atoms with E-state index in [4.69, 9.17) is 37.4 Å². The van der Waals surface area contributed by atoms with Gasteiger partial charge < -0.3 is 19.1 Å². The second-order valence-corrected chi connectivity index (χ2v) is 13.3. The van der Waals surface area contributed by atoms with E-state index < -0.39 is 0 Å². The van der Waals surface area contributed by atoms with E-state index >= 15 is 0 Å². The SMILES string of the molecule is CC[C@@H](Oc1ccc([C@H]2CCN(C)c3cc4c(cc3O2)CN(CC2CCCC2)[C@H](C(=O)OC)C4)cc1)c1ccc(Cl)c(Cl)c1. The summed E-state index contributed by atoms with van der Waals surface area (Å²) in [5.74, 6) is 2.22. The van der Waals surface area contributed by atoms with Crippen LogP contribution in [0.15, 0.2) is 54.6 Å². The molecule has 3 aromatic carbocycles. The molecule has 6 nitrogen and oxygen atoms in total. The van der Waals surface area contributed by atoms with Crippen LogP contribution >= 0.6 is 23.2 Å². The monoisotopic (exact) mass is 636 g/mol. The fourth-order valence-electron chi connectivity index (χ4n) is 7.04. The lowest BCUT2D eigenvalue weighted by atomic mass is 9.91. The first kappa shape index (κ1) is 31.1. The molecule has 44 heavy (non-hydrogen) atoms. The predicted octanol–water partition coefficient (Wildman–Crippen LogP) is 8.57. The van der Waals surface area contributed by atoms with Gasteiger partial charge in [-0.1, -0.05) is 61.2 Å². The van der Waals surface area contributed by atoms with Crippen LogP contribution in [-0.4, -0.2) is 44.2 Å². The molecule has 0 aromatic heterocycles. The largest absolute Gasteiger partial charge is 0.486 e. The van der Waals surface area contributed by atoms with E-state index in [2.05, 4.69) is 48.0 Å². The number of esters is 1. The minimum Gasteiger partial charge on any atom is -0.486 e. The molecular weight excluding hydrogens is 595 g/mol. The molecule has 1 aliphatic carbocycles. The lowest BCUT2D eigenvalue weighted by Gasteiger charge is -2.37. The number of rotatable bonds is 8. The van der Waals surface area contributed by atoms with Crippen LogP contribution in [-0.2, 0) is 22.5 Å². The normalized spacial score (nSPS) is 21.2. The van der Waals surface area contributed by atoms with Crippen LogP contribution in [0.3, 0.4) is 0 Å². The van der Waals surface area contributed by atoms with Gasteiger partial charge in [0.05, 0.1) is 22.8 Å². The van der Waals surface area contributed by atoms with Crippen molar-refractivity contribution >= 4 is 34.9 Å². The van der Waals surface area contributed by atoms with Crippen molar-refractivity contribution in [1.29, 1.82) is 0 Å². The number of nitrogens with zero attached hydrogens (tertiary/aromatic N) is 2. The molecule has 6 rings (SSSR count). The Morgan fingerprint density at radius 3 is 2.48 bits per heavy atom. The third kappa shape index (κ3) is 6.68. The first-order valence-electron chi connectivity index (χ1n) is 15.9. The zero-order valence-corrected chi connectivity index (χ0v) is 27.4. The average Bonchev–Trinajstić information content (AvgIpc) is 3.49. The molecule has 0 unspecified atom stereocenters. The molecule has 0 spiro atoms. The Bertz CT molecular complexity index is 1470. The molecule has 2 aliphatic heterocycles. The molecule has 8 heteroatoms. The summed E-state index contributed by atoms with van der Waals surface area (Å²) < 4.78 is 18.4. The van der Waals surface area contributed by atoms with E-state index in [1.54, 1.807) is 0 Å². The molecule has 1 saturated carbocycles. The Balaban J connectivity index is 1.20. The number of hydrogen-bond acceptors (Lipinski definition) is 6. The molecule has 3 atom stereocenters. The van der Waals surface area contributed by atoms with E-state index in [1.165, 1.54) is 43.9 Å². The summed E-state index contributed by atoms with van der Waals surface area (Å²) in [4.78, 5) is 17.5. The summed E-state index contributed by atoms with van der Waals surface area (Å²) in [5, 5.41) is 1.07. The fourth-order valence-corrected chi connectivity index (χ4v) is 7.34. The van der Waals surface area contributed by atoms with E-state index in [-0.39, 0.29) is 24.2 Å². The topological polar surface area (TPSA) is 51.2 Å². The van der Waals surface area contributed by atoms with Gasteiger partial charge in [0, 0.05) is 33.1 Å². The number of carbonyl (C=O) groups is 1. The lowest BCUT2D eigenvalue weighted by molar-refractivity contribution is -0.148. The molecule has 3 aromatic rings. The fraction of sp³-hybridized carbons (Fsp3) is 0.472. The maximum Gasteiger partial charge on any atom is 0.323 e. The first-order valence-corrected chi connectivity index (χ1v) is 16.7. The molecular formula is C36H42Cl2N2O4. The quantitative estimate of drug-likeness (QED) is 0.231. The number of anilines is 1. The van der Waals surface area contributed by atoms with Gasteiger partial charge >= 0.3 is 5.97 Å². The van der Waals surface area contributed by atoms with Crippen molar-refractivity contribution in [2.75, 3.05) is 32.1 Å². The van der Waals surface area contributed by atoms with Gasteiger partial charge in [-0.05, 0) is 90.3 Å². The summed E-state index contributed by atoms with van der Waals surface area (Å²) in [6.07, 6.45) is 7.19. The van der Waals surface area contributed by atoms with Gasteiger partial charge in [0.25, 0.3) is 0 Å². The van der Waals surface area contributed by atoms with Crippen LogP contribution in [0, 0.1) is 5.92 Å². The van der Waals surface area contributed by atoms with Gasteiger partial charge in [-0.25, -0.2) is 0 Å². The summed E-state index contributed by atoms with van der Waals surface area (Å²) in [6.45, 7) is 4.63. The second kappa shape index (κ2) is 13.6. The van der Waals surface area contributed by atoms with Gasteiger partial charge in [0.15, 0.2) is 0 Å². The smallest absolute Gasteiger partial charge is 0.323 e. The van der Waals surface area contributed by atoms with Gasteiger partial charge in [0.1, 0.15) is 29.7 Å². The maximum atomic E-state index is 12.8. The number of carbonyl (C=O) groups excluding carboxylic acids is 1. The number of benzene rings is 3. The van der Waals surface area contributed by atoms with E-state index in [1.807, 2.05) is 30.3 Å². The van der Waals surface area contributed by atoms with Crippen molar-refractivity contribution in [2.45, 2.75) is 76.7 Å². The van der Waals surface area contributed by atoms with Crippen molar-refractivity contribution in [1.82, 2.24) is 4.90 Å².